The fourth-order valence-electron chi connectivity index (χ4n) is 3.25. The minimum Gasteiger partial charge on any atom is -0.423 e. The number of unbranched alkanes of at least 4 members (excludes halogenated alkanes) is 2. The highest BCUT2D eigenvalue weighted by Gasteiger charge is 2.17. The van der Waals surface area contributed by atoms with E-state index in [9.17, 15) is 9.59 Å². The molecule has 0 saturated heterocycles. The molecule has 0 aliphatic heterocycles. The van der Waals surface area contributed by atoms with Crippen LogP contribution in [0, 0.1) is 0 Å². The number of aryl methyl sites for hydroxylation is 2. The topological polar surface area (TPSA) is 52.6 Å². The van der Waals surface area contributed by atoms with E-state index in [0.29, 0.717) is 22.6 Å². The number of carbonyl (C=O) groups excluding carboxylic acids is 2. The van der Waals surface area contributed by atoms with Crippen LogP contribution in [0.2, 0.25) is 0 Å². The van der Waals surface area contributed by atoms with Gasteiger partial charge in [0.25, 0.3) is 0 Å². The molecular weight excluding hydrogens is 400 g/mol. The Kier molecular flexibility index (Phi) is 9.45. The quantitative estimate of drug-likeness (QED) is 0.217. The van der Waals surface area contributed by atoms with Gasteiger partial charge < -0.3 is 9.47 Å². The molecule has 0 aromatic heterocycles. The highest BCUT2D eigenvalue weighted by atomic mass is 16.5. The van der Waals surface area contributed by atoms with Crippen molar-refractivity contribution in [3.05, 3.63) is 71.8 Å². The summed E-state index contributed by atoms with van der Waals surface area (Å²) in [5, 5.41) is 0. The first-order valence-corrected chi connectivity index (χ1v) is 11.3. The van der Waals surface area contributed by atoms with Crippen molar-refractivity contribution >= 4 is 11.9 Å². The zero-order valence-corrected chi connectivity index (χ0v) is 19.8. The van der Waals surface area contributed by atoms with Crippen molar-refractivity contribution in [1.82, 2.24) is 0 Å². The largest absolute Gasteiger partial charge is 0.423 e. The Morgan fingerprint density at radius 2 is 1.22 bits per heavy atom. The minimum atomic E-state index is -0.440. The van der Waals surface area contributed by atoms with Gasteiger partial charge in [-0.2, -0.15) is 0 Å². The summed E-state index contributed by atoms with van der Waals surface area (Å²) in [6, 6.07) is 11.6. The second-order valence-corrected chi connectivity index (χ2v) is 8.19. The number of hydrogen-bond acceptors (Lipinski definition) is 4. The lowest BCUT2D eigenvalue weighted by Crippen LogP contribution is -2.12. The third-order valence-corrected chi connectivity index (χ3v) is 5.13. The molecule has 0 bridgehead atoms. The Balaban J connectivity index is 2.47. The molecule has 32 heavy (non-hydrogen) atoms. The Bertz CT molecular complexity index is 954. The van der Waals surface area contributed by atoms with Crippen molar-refractivity contribution in [1.29, 1.82) is 0 Å². The van der Waals surface area contributed by atoms with E-state index in [-0.39, 0.29) is 0 Å². The minimum absolute atomic E-state index is 0.357. The van der Waals surface area contributed by atoms with E-state index in [2.05, 4.69) is 39.1 Å². The van der Waals surface area contributed by atoms with Crippen LogP contribution in [-0.4, -0.2) is 11.9 Å². The molecule has 0 aliphatic rings. The molecule has 2 rings (SSSR count). The van der Waals surface area contributed by atoms with Gasteiger partial charge in [0.15, 0.2) is 0 Å². The highest BCUT2D eigenvalue weighted by Crippen LogP contribution is 2.34. The van der Waals surface area contributed by atoms with Crippen molar-refractivity contribution in [2.75, 3.05) is 0 Å². The lowest BCUT2D eigenvalue weighted by molar-refractivity contribution is -0.131. The van der Waals surface area contributed by atoms with E-state index in [1.54, 1.807) is 26.0 Å². The summed E-state index contributed by atoms with van der Waals surface area (Å²) in [4.78, 5) is 24.1. The van der Waals surface area contributed by atoms with Gasteiger partial charge in [-0.05, 0) is 86.1 Å². The van der Waals surface area contributed by atoms with Crippen LogP contribution in [0.3, 0.4) is 0 Å². The van der Waals surface area contributed by atoms with Gasteiger partial charge in [0.2, 0.25) is 0 Å². The molecule has 4 nitrogen and oxygen atoms in total. The first kappa shape index (κ1) is 25.1. The second-order valence-electron chi connectivity index (χ2n) is 8.19. The molecule has 4 heteroatoms. The SMILES string of the molecule is C=C(C)C(=O)Oc1ccc(-c2cc(CCCC)c(OC(=O)C(=C)C)c(CCCC)c2)cc1. The fourth-order valence-corrected chi connectivity index (χ4v) is 3.25. The molecule has 0 unspecified atom stereocenters. The van der Waals surface area contributed by atoms with Crippen LogP contribution in [-0.2, 0) is 22.4 Å². The fraction of sp³-hybridized carbons (Fsp3) is 0.357. The van der Waals surface area contributed by atoms with Crippen LogP contribution >= 0.6 is 0 Å². The number of ether oxygens (including phenoxy) is 2. The zero-order chi connectivity index (χ0) is 23.7. The maximum absolute atomic E-state index is 12.3. The van der Waals surface area contributed by atoms with Gasteiger partial charge >= 0.3 is 11.9 Å². The van der Waals surface area contributed by atoms with E-state index in [1.807, 2.05) is 12.1 Å². The van der Waals surface area contributed by atoms with Crippen LogP contribution in [0.1, 0.15) is 64.5 Å². The first-order valence-electron chi connectivity index (χ1n) is 11.3. The van der Waals surface area contributed by atoms with E-state index >= 15 is 0 Å². The van der Waals surface area contributed by atoms with Gasteiger partial charge in [-0.25, -0.2) is 9.59 Å². The number of rotatable bonds is 11. The average molecular weight is 435 g/mol. The van der Waals surface area contributed by atoms with Gasteiger partial charge in [-0.3, -0.25) is 0 Å². The molecule has 0 heterocycles. The molecule has 0 atom stereocenters. The van der Waals surface area contributed by atoms with Crippen molar-refractivity contribution in [3.63, 3.8) is 0 Å². The summed E-state index contributed by atoms with van der Waals surface area (Å²) >= 11 is 0. The second kappa shape index (κ2) is 12.0. The lowest BCUT2D eigenvalue weighted by Gasteiger charge is -2.18. The Morgan fingerprint density at radius 3 is 1.66 bits per heavy atom. The summed E-state index contributed by atoms with van der Waals surface area (Å²) in [7, 11) is 0. The van der Waals surface area contributed by atoms with Gasteiger partial charge in [0.1, 0.15) is 11.5 Å². The van der Waals surface area contributed by atoms with Crippen molar-refractivity contribution < 1.29 is 19.1 Å². The molecule has 0 saturated carbocycles. The van der Waals surface area contributed by atoms with Crippen LogP contribution in [0.25, 0.3) is 11.1 Å². The van der Waals surface area contributed by atoms with Gasteiger partial charge in [-0.15, -0.1) is 0 Å². The molecule has 0 amide bonds. The molecule has 2 aromatic carbocycles. The summed E-state index contributed by atoms with van der Waals surface area (Å²) in [5.74, 6) is 0.323. The lowest BCUT2D eigenvalue weighted by atomic mass is 9.94. The van der Waals surface area contributed by atoms with E-state index in [0.717, 1.165) is 60.8 Å². The van der Waals surface area contributed by atoms with E-state index in [4.69, 9.17) is 9.47 Å². The maximum Gasteiger partial charge on any atom is 0.338 e. The predicted molar refractivity (Wildman–Crippen MR) is 130 cm³/mol. The zero-order valence-electron chi connectivity index (χ0n) is 19.8. The van der Waals surface area contributed by atoms with Crippen molar-refractivity contribution in [2.24, 2.45) is 0 Å². The summed E-state index contributed by atoms with van der Waals surface area (Å²) in [5.41, 5.74) is 4.86. The molecule has 0 fully saturated rings. The first-order chi connectivity index (χ1) is 15.3. The van der Waals surface area contributed by atoms with Gasteiger partial charge in [-0.1, -0.05) is 52.0 Å². The monoisotopic (exact) mass is 434 g/mol. The standard InChI is InChI=1S/C28H34O4/c1-7-9-11-22-17-24(21-13-15-25(16-14-21)31-27(29)19(3)4)18-23(12-10-8-2)26(22)32-28(30)20(5)6/h13-18H,3,5,7-12H2,1-2,4,6H3. The van der Waals surface area contributed by atoms with Crippen LogP contribution in [0.4, 0.5) is 0 Å². The number of benzene rings is 2. The third-order valence-electron chi connectivity index (χ3n) is 5.13. The number of hydrogen-bond donors (Lipinski definition) is 0. The maximum atomic E-state index is 12.3. The molecule has 0 N–H and O–H groups in total. The number of esters is 2. The predicted octanol–water partition coefficient (Wildman–Crippen LogP) is 7.00. The average Bonchev–Trinajstić information content (AvgIpc) is 2.77. The van der Waals surface area contributed by atoms with Crippen LogP contribution in [0.15, 0.2) is 60.7 Å². The van der Waals surface area contributed by atoms with Crippen molar-refractivity contribution in [2.45, 2.75) is 66.2 Å². The molecule has 0 aliphatic carbocycles. The highest BCUT2D eigenvalue weighted by molar-refractivity contribution is 5.89. The smallest absolute Gasteiger partial charge is 0.338 e. The van der Waals surface area contributed by atoms with Gasteiger partial charge in [0, 0.05) is 11.1 Å². The Labute approximate surface area is 191 Å². The molecule has 0 radical (unpaired) electrons. The summed E-state index contributed by atoms with van der Waals surface area (Å²) < 4.78 is 11.1. The van der Waals surface area contributed by atoms with Crippen LogP contribution in [0.5, 0.6) is 11.5 Å². The Hall–Kier alpha value is -3.14. The summed E-state index contributed by atoms with van der Waals surface area (Å²) in [6.45, 7) is 14.9. The molecular formula is C28H34O4. The third kappa shape index (κ3) is 6.94. The Morgan fingerprint density at radius 1 is 0.750 bits per heavy atom. The van der Waals surface area contributed by atoms with E-state index in [1.165, 1.54) is 0 Å². The van der Waals surface area contributed by atoms with Gasteiger partial charge in [0.05, 0.1) is 0 Å². The van der Waals surface area contributed by atoms with Crippen molar-refractivity contribution in [3.8, 4) is 22.6 Å². The molecule has 170 valence electrons. The molecule has 0 spiro atoms. The number of carbonyl (C=O) groups is 2. The molecule has 2 aromatic rings. The van der Waals surface area contributed by atoms with E-state index < -0.39 is 11.9 Å². The van der Waals surface area contributed by atoms with Crippen LogP contribution < -0.4 is 9.47 Å². The normalized spacial score (nSPS) is 10.5. The summed E-state index contributed by atoms with van der Waals surface area (Å²) in [6.07, 6.45) is 5.76.